The van der Waals surface area contributed by atoms with E-state index in [2.05, 4.69) is 6.07 Å². The monoisotopic (exact) mass is 417 g/mol. The molecule has 3 aliphatic heterocycles. The molecule has 3 saturated heterocycles. The first-order valence-corrected chi connectivity index (χ1v) is 10.3. The quantitative estimate of drug-likeness (QED) is 0.776. The van der Waals surface area contributed by atoms with Crippen LogP contribution in [-0.2, 0) is 9.59 Å². The summed E-state index contributed by atoms with van der Waals surface area (Å²) in [5.74, 6) is -1.71. The molecule has 0 saturated carbocycles. The van der Waals surface area contributed by atoms with Gasteiger partial charge in [0.05, 0.1) is 24.2 Å². The fourth-order valence-corrected chi connectivity index (χ4v) is 5.08. The molecule has 3 heterocycles. The zero-order valence-electron chi connectivity index (χ0n) is 16.8. The summed E-state index contributed by atoms with van der Waals surface area (Å²) < 4.78 is 27.2. The lowest BCUT2D eigenvalue weighted by atomic mass is 10.0. The van der Waals surface area contributed by atoms with Crippen molar-refractivity contribution in [2.45, 2.75) is 56.4 Å². The van der Waals surface area contributed by atoms with Gasteiger partial charge in [-0.2, -0.15) is 5.26 Å². The number of carbonyl (C=O) groups excluding carboxylic acids is 2. The van der Waals surface area contributed by atoms with E-state index in [1.165, 1.54) is 17.0 Å². The van der Waals surface area contributed by atoms with Gasteiger partial charge in [0.25, 0.3) is 0 Å². The molecule has 3 fully saturated rings. The number of fused-ring (bicyclic) bond motifs is 2. The minimum absolute atomic E-state index is 0.0928. The molecule has 0 spiro atoms. The van der Waals surface area contributed by atoms with Crippen LogP contribution in [0.4, 0.5) is 8.78 Å². The van der Waals surface area contributed by atoms with E-state index in [1.807, 2.05) is 4.90 Å². The average Bonchev–Trinajstić information content (AvgIpc) is 3.40. The standard InChI is InChI=1S/C21H25F2N5O2/c1-12(13-5-14(22)7-15(23)6-13)28-17-8-19(21(28)30)26(10-17)11-18(25)20(29)27-4-2-3-16(27)9-24/h5-7,12,16-19H,2-4,8,10-11,25H2,1H3/t12-,16-,17-,18-,19+/m0/s1. The number of piperazine rings is 1. The van der Waals surface area contributed by atoms with E-state index in [4.69, 9.17) is 5.73 Å². The Hall–Kier alpha value is -2.57. The first kappa shape index (κ1) is 20.7. The predicted octanol–water partition coefficient (Wildman–Crippen LogP) is 1.15. The van der Waals surface area contributed by atoms with E-state index in [0.717, 1.165) is 12.5 Å². The Morgan fingerprint density at radius 2 is 2.03 bits per heavy atom. The third-order valence-corrected chi connectivity index (χ3v) is 6.53. The number of nitrogens with zero attached hydrogens (tertiary/aromatic N) is 4. The van der Waals surface area contributed by atoms with Crippen molar-refractivity contribution in [1.29, 1.82) is 5.26 Å². The number of likely N-dealkylation sites (tertiary alicyclic amines) is 3. The number of halogens is 2. The molecule has 7 nitrogen and oxygen atoms in total. The number of carbonyl (C=O) groups is 2. The molecule has 1 aromatic rings. The summed E-state index contributed by atoms with van der Waals surface area (Å²) in [6, 6.07) is 3.30. The van der Waals surface area contributed by atoms with Crippen molar-refractivity contribution in [2.24, 2.45) is 5.73 Å². The number of hydrogen-bond donors (Lipinski definition) is 1. The van der Waals surface area contributed by atoms with Crippen molar-refractivity contribution >= 4 is 11.8 Å². The van der Waals surface area contributed by atoms with Crippen molar-refractivity contribution in [2.75, 3.05) is 19.6 Å². The predicted molar refractivity (Wildman–Crippen MR) is 104 cm³/mol. The Balaban J connectivity index is 1.41. The summed E-state index contributed by atoms with van der Waals surface area (Å²) >= 11 is 0. The minimum atomic E-state index is -0.797. The Morgan fingerprint density at radius 1 is 1.33 bits per heavy atom. The largest absolute Gasteiger partial charge is 0.330 e. The summed E-state index contributed by atoms with van der Waals surface area (Å²) in [5, 5.41) is 9.19. The molecule has 0 aromatic heterocycles. The number of rotatable bonds is 5. The van der Waals surface area contributed by atoms with E-state index >= 15 is 0 Å². The van der Waals surface area contributed by atoms with Crippen LogP contribution in [0, 0.1) is 23.0 Å². The number of nitriles is 1. The molecule has 0 unspecified atom stereocenters. The number of nitrogens with two attached hydrogens (primary N) is 1. The van der Waals surface area contributed by atoms with E-state index in [1.54, 1.807) is 11.8 Å². The fraction of sp³-hybridized carbons (Fsp3) is 0.571. The van der Waals surface area contributed by atoms with Gasteiger partial charge in [-0.3, -0.25) is 14.5 Å². The second kappa shape index (κ2) is 7.93. The first-order chi connectivity index (χ1) is 14.3. The van der Waals surface area contributed by atoms with Crippen LogP contribution >= 0.6 is 0 Å². The lowest BCUT2D eigenvalue weighted by Crippen LogP contribution is -2.56. The normalized spacial score (nSPS) is 28.1. The van der Waals surface area contributed by atoms with Gasteiger partial charge in [-0.15, -0.1) is 0 Å². The molecular weight excluding hydrogens is 392 g/mol. The molecule has 0 aliphatic carbocycles. The van der Waals surface area contributed by atoms with E-state index in [0.29, 0.717) is 31.5 Å². The van der Waals surface area contributed by atoms with Crippen LogP contribution < -0.4 is 5.73 Å². The first-order valence-electron chi connectivity index (χ1n) is 10.3. The van der Waals surface area contributed by atoms with E-state index < -0.39 is 29.8 Å². The zero-order chi connectivity index (χ0) is 21.6. The van der Waals surface area contributed by atoms with Gasteiger partial charge in [0, 0.05) is 31.7 Å². The molecule has 30 heavy (non-hydrogen) atoms. The van der Waals surface area contributed by atoms with Gasteiger partial charge < -0.3 is 15.5 Å². The topological polar surface area (TPSA) is 93.7 Å². The molecular formula is C21H25F2N5O2. The summed E-state index contributed by atoms with van der Waals surface area (Å²) in [4.78, 5) is 30.8. The molecule has 9 heteroatoms. The zero-order valence-corrected chi connectivity index (χ0v) is 16.8. The van der Waals surface area contributed by atoms with Gasteiger partial charge in [-0.1, -0.05) is 0 Å². The molecule has 2 amide bonds. The van der Waals surface area contributed by atoms with Gasteiger partial charge in [0.1, 0.15) is 17.7 Å². The lowest BCUT2D eigenvalue weighted by Gasteiger charge is -2.38. The number of hydrogen-bond acceptors (Lipinski definition) is 5. The molecule has 0 radical (unpaired) electrons. The van der Waals surface area contributed by atoms with Crippen LogP contribution in [0.1, 0.15) is 37.8 Å². The smallest absolute Gasteiger partial charge is 0.241 e. The van der Waals surface area contributed by atoms with Gasteiger partial charge >= 0.3 is 0 Å². The number of amides is 2. The van der Waals surface area contributed by atoms with Gasteiger partial charge in [0.2, 0.25) is 11.8 Å². The van der Waals surface area contributed by atoms with Crippen LogP contribution in [0.15, 0.2) is 18.2 Å². The van der Waals surface area contributed by atoms with E-state index in [-0.39, 0.29) is 30.4 Å². The number of benzene rings is 1. The Labute approximate surface area is 174 Å². The molecule has 2 bridgehead atoms. The highest BCUT2D eigenvalue weighted by Crippen LogP contribution is 2.38. The van der Waals surface area contributed by atoms with Crippen molar-refractivity contribution in [3.8, 4) is 6.07 Å². The third-order valence-electron chi connectivity index (χ3n) is 6.53. The molecule has 1 aromatic carbocycles. The van der Waals surface area contributed by atoms with Crippen LogP contribution in [-0.4, -0.2) is 70.3 Å². The van der Waals surface area contributed by atoms with Gasteiger partial charge in [-0.25, -0.2) is 8.78 Å². The van der Waals surface area contributed by atoms with Crippen LogP contribution in [0.2, 0.25) is 0 Å². The van der Waals surface area contributed by atoms with Crippen molar-refractivity contribution < 1.29 is 18.4 Å². The minimum Gasteiger partial charge on any atom is -0.330 e. The van der Waals surface area contributed by atoms with Crippen molar-refractivity contribution in [3.05, 3.63) is 35.4 Å². The Kier molecular flexibility index (Phi) is 5.47. The Morgan fingerprint density at radius 3 is 2.67 bits per heavy atom. The highest BCUT2D eigenvalue weighted by molar-refractivity contribution is 5.87. The SMILES string of the molecule is C[C@@H](c1cc(F)cc(F)c1)N1C(=O)[C@H]2C[C@H]1CN2C[C@H](N)C(=O)N1CCC[C@H]1C#N. The van der Waals surface area contributed by atoms with Crippen LogP contribution in [0.5, 0.6) is 0 Å². The van der Waals surface area contributed by atoms with Gasteiger partial charge in [-0.05, 0) is 43.9 Å². The second-order valence-electron chi connectivity index (χ2n) is 8.41. The summed E-state index contributed by atoms with van der Waals surface area (Å²) in [5.41, 5.74) is 6.56. The van der Waals surface area contributed by atoms with E-state index in [9.17, 15) is 23.6 Å². The van der Waals surface area contributed by atoms with Crippen LogP contribution in [0.3, 0.4) is 0 Å². The molecule has 2 N–H and O–H groups in total. The highest BCUT2D eigenvalue weighted by Gasteiger charge is 2.51. The maximum absolute atomic E-state index is 13.6. The molecule has 3 aliphatic rings. The molecule has 5 atom stereocenters. The summed E-state index contributed by atoms with van der Waals surface area (Å²) in [6.07, 6.45) is 2.05. The maximum atomic E-state index is 13.6. The van der Waals surface area contributed by atoms with Crippen molar-refractivity contribution in [3.63, 3.8) is 0 Å². The lowest BCUT2D eigenvalue weighted by molar-refractivity contribution is -0.141. The summed E-state index contributed by atoms with van der Waals surface area (Å²) in [7, 11) is 0. The second-order valence-corrected chi connectivity index (χ2v) is 8.41. The summed E-state index contributed by atoms with van der Waals surface area (Å²) in [6.45, 7) is 3.10. The molecule has 4 rings (SSSR count). The highest BCUT2D eigenvalue weighted by atomic mass is 19.1. The van der Waals surface area contributed by atoms with Crippen LogP contribution in [0.25, 0.3) is 0 Å². The maximum Gasteiger partial charge on any atom is 0.241 e. The molecule has 160 valence electrons. The fourth-order valence-electron chi connectivity index (χ4n) is 5.08. The third kappa shape index (κ3) is 3.55. The average molecular weight is 417 g/mol. The van der Waals surface area contributed by atoms with Crippen molar-refractivity contribution in [1.82, 2.24) is 14.7 Å². The van der Waals surface area contributed by atoms with Gasteiger partial charge in [0.15, 0.2) is 0 Å². The Bertz CT molecular complexity index is 884.